The van der Waals surface area contributed by atoms with Gasteiger partial charge in [0.15, 0.2) is 5.69 Å². The molecule has 0 radical (unpaired) electrons. The first-order chi connectivity index (χ1) is 10.1. The standard InChI is InChI=1S/C15H15BrN4O/c1-9(10-5-7-11(16)8-6-10)17-20-15(21)14-12-3-2-4-13(12)18-19-14/h5-8H,2-4H2,1H3,(H,18,19)(H,20,21). The maximum absolute atomic E-state index is 12.1. The highest BCUT2D eigenvalue weighted by Crippen LogP contribution is 2.22. The molecule has 1 amide bonds. The summed E-state index contributed by atoms with van der Waals surface area (Å²) in [4.78, 5) is 12.1. The molecule has 3 rings (SSSR count). The Morgan fingerprint density at radius 1 is 1.33 bits per heavy atom. The van der Waals surface area contributed by atoms with Gasteiger partial charge in [-0.25, -0.2) is 5.43 Å². The quantitative estimate of drug-likeness (QED) is 0.662. The van der Waals surface area contributed by atoms with E-state index in [0.29, 0.717) is 5.69 Å². The van der Waals surface area contributed by atoms with Crippen molar-refractivity contribution in [3.05, 3.63) is 51.3 Å². The van der Waals surface area contributed by atoms with Crippen LogP contribution in [0, 0.1) is 0 Å². The van der Waals surface area contributed by atoms with Crippen LogP contribution >= 0.6 is 15.9 Å². The molecule has 0 saturated carbocycles. The molecule has 0 fully saturated rings. The summed E-state index contributed by atoms with van der Waals surface area (Å²) in [5, 5.41) is 11.2. The van der Waals surface area contributed by atoms with Gasteiger partial charge in [0.25, 0.3) is 5.91 Å². The molecule has 0 saturated heterocycles. The number of hydrazone groups is 1. The Labute approximate surface area is 131 Å². The number of aromatic nitrogens is 2. The van der Waals surface area contributed by atoms with Crippen LogP contribution in [-0.4, -0.2) is 21.8 Å². The fourth-order valence-electron chi connectivity index (χ4n) is 2.45. The van der Waals surface area contributed by atoms with Crippen LogP contribution < -0.4 is 5.43 Å². The smallest absolute Gasteiger partial charge is 0.281 e. The SMILES string of the molecule is CC(=NNC(=O)c1n[nH]c2c1CCC2)c1ccc(Br)cc1. The second-order valence-corrected chi connectivity index (χ2v) is 5.94. The molecule has 1 aliphatic carbocycles. The lowest BCUT2D eigenvalue weighted by atomic mass is 10.1. The summed E-state index contributed by atoms with van der Waals surface area (Å²) in [6, 6.07) is 7.77. The van der Waals surface area contributed by atoms with Gasteiger partial charge >= 0.3 is 0 Å². The monoisotopic (exact) mass is 346 g/mol. The van der Waals surface area contributed by atoms with Gasteiger partial charge in [-0.2, -0.15) is 10.2 Å². The molecule has 0 unspecified atom stereocenters. The van der Waals surface area contributed by atoms with Gasteiger partial charge in [0.05, 0.1) is 5.71 Å². The number of fused-ring (bicyclic) bond motifs is 1. The molecule has 2 aromatic rings. The Kier molecular flexibility index (Phi) is 3.88. The maximum Gasteiger partial charge on any atom is 0.292 e. The lowest BCUT2D eigenvalue weighted by Gasteiger charge is -2.02. The molecule has 5 nitrogen and oxygen atoms in total. The molecule has 1 aliphatic rings. The van der Waals surface area contributed by atoms with E-state index in [9.17, 15) is 4.79 Å². The third-order valence-electron chi connectivity index (χ3n) is 3.61. The Balaban J connectivity index is 1.72. The van der Waals surface area contributed by atoms with Crippen molar-refractivity contribution < 1.29 is 4.79 Å². The Morgan fingerprint density at radius 3 is 2.86 bits per heavy atom. The predicted molar refractivity (Wildman–Crippen MR) is 84.4 cm³/mol. The minimum Gasteiger partial charge on any atom is -0.281 e. The first-order valence-corrected chi connectivity index (χ1v) is 7.61. The summed E-state index contributed by atoms with van der Waals surface area (Å²) in [5.74, 6) is -0.258. The average Bonchev–Trinajstić information content (AvgIpc) is 3.08. The van der Waals surface area contributed by atoms with E-state index in [4.69, 9.17) is 0 Å². The fourth-order valence-corrected chi connectivity index (χ4v) is 2.71. The van der Waals surface area contributed by atoms with E-state index in [-0.39, 0.29) is 5.91 Å². The van der Waals surface area contributed by atoms with Gasteiger partial charge in [0, 0.05) is 15.7 Å². The van der Waals surface area contributed by atoms with E-state index in [1.165, 1.54) is 0 Å². The number of nitrogens with one attached hydrogen (secondary N) is 2. The van der Waals surface area contributed by atoms with E-state index in [1.807, 2.05) is 31.2 Å². The van der Waals surface area contributed by atoms with Gasteiger partial charge in [-0.1, -0.05) is 28.1 Å². The van der Waals surface area contributed by atoms with Crippen LogP contribution in [0.2, 0.25) is 0 Å². The van der Waals surface area contributed by atoms with E-state index in [1.54, 1.807) is 0 Å². The minimum atomic E-state index is -0.258. The summed E-state index contributed by atoms with van der Waals surface area (Å²) >= 11 is 3.39. The number of nitrogens with zero attached hydrogens (tertiary/aromatic N) is 2. The highest BCUT2D eigenvalue weighted by molar-refractivity contribution is 9.10. The van der Waals surface area contributed by atoms with Crippen molar-refractivity contribution in [2.45, 2.75) is 26.2 Å². The van der Waals surface area contributed by atoms with Gasteiger partial charge in [-0.3, -0.25) is 9.89 Å². The number of H-pyrrole nitrogens is 1. The second-order valence-electron chi connectivity index (χ2n) is 5.03. The molecule has 0 aliphatic heterocycles. The first kappa shape index (κ1) is 14.0. The topological polar surface area (TPSA) is 70.1 Å². The predicted octanol–water partition coefficient (Wildman–Crippen LogP) is 2.81. The highest BCUT2D eigenvalue weighted by atomic mass is 79.9. The zero-order valence-corrected chi connectivity index (χ0v) is 13.2. The van der Waals surface area contributed by atoms with Crippen molar-refractivity contribution >= 4 is 27.5 Å². The number of halogens is 1. The minimum absolute atomic E-state index is 0.258. The summed E-state index contributed by atoms with van der Waals surface area (Å²) in [6.45, 7) is 1.86. The van der Waals surface area contributed by atoms with E-state index < -0.39 is 0 Å². The fraction of sp³-hybridized carbons (Fsp3) is 0.267. The third-order valence-corrected chi connectivity index (χ3v) is 4.14. The molecular formula is C15H15BrN4O. The molecule has 0 bridgehead atoms. The van der Waals surface area contributed by atoms with Crippen LogP contribution in [0.25, 0.3) is 0 Å². The van der Waals surface area contributed by atoms with E-state index in [2.05, 4.69) is 36.7 Å². The number of carbonyl (C=O) groups is 1. The van der Waals surface area contributed by atoms with Crippen LogP contribution in [0.3, 0.4) is 0 Å². The summed E-state index contributed by atoms with van der Waals surface area (Å²) in [7, 11) is 0. The molecule has 1 aromatic carbocycles. The molecule has 6 heteroatoms. The Hall–Kier alpha value is -1.95. The van der Waals surface area contributed by atoms with Gasteiger partial charge < -0.3 is 0 Å². The molecule has 0 atom stereocenters. The normalized spacial score (nSPS) is 14.1. The van der Waals surface area contributed by atoms with Crippen molar-refractivity contribution in [1.29, 1.82) is 0 Å². The highest BCUT2D eigenvalue weighted by Gasteiger charge is 2.22. The van der Waals surface area contributed by atoms with E-state index in [0.717, 1.165) is 46.3 Å². The number of aryl methyl sites for hydroxylation is 1. The van der Waals surface area contributed by atoms with Crippen LogP contribution in [0.5, 0.6) is 0 Å². The summed E-state index contributed by atoms with van der Waals surface area (Å²) in [5.41, 5.74) is 6.88. The van der Waals surface area contributed by atoms with Crippen LogP contribution in [-0.2, 0) is 12.8 Å². The maximum atomic E-state index is 12.1. The number of hydrogen-bond donors (Lipinski definition) is 2. The van der Waals surface area contributed by atoms with Crippen molar-refractivity contribution in [3.8, 4) is 0 Å². The zero-order chi connectivity index (χ0) is 14.8. The number of aromatic amines is 1. The van der Waals surface area contributed by atoms with Crippen molar-refractivity contribution in [2.75, 3.05) is 0 Å². The summed E-state index contributed by atoms with van der Waals surface area (Å²) in [6.07, 6.45) is 2.95. The molecular weight excluding hydrogens is 332 g/mol. The van der Waals surface area contributed by atoms with Crippen molar-refractivity contribution in [3.63, 3.8) is 0 Å². The second kappa shape index (κ2) is 5.81. The van der Waals surface area contributed by atoms with Crippen molar-refractivity contribution in [1.82, 2.24) is 15.6 Å². The molecule has 2 N–H and O–H groups in total. The zero-order valence-electron chi connectivity index (χ0n) is 11.6. The Morgan fingerprint density at radius 2 is 2.10 bits per heavy atom. The lowest BCUT2D eigenvalue weighted by molar-refractivity contribution is 0.0949. The molecule has 21 heavy (non-hydrogen) atoms. The Bertz CT molecular complexity index is 703. The molecule has 0 spiro atoms. The van der Waals surface area contributed by atoms with Gasteiger partial charge in [-0.15, -0.1) is 0 Å². The van der Waals surface area contributed by atoms with Crippen molar-refractivity contribution in [2.24, 2.45) is 5.10 Å². The molecule has 1 heterocycles. The first-order valence-electron chi connectivity index (χ1n) is 6.82. The number of amides is 1. The number of rotatable bonds is 3. The average molecular weight is 347 g/mol. The third kappa shape index (κ3) is 2.90. The van der Waals surface area contributed by atoms with Gasteiger partial charge in [0.2, 0.25) is 0 Å². The van der Waals surface area contributed by atoms with Gasteiger partial charge in [-0.05, 0) is 43.9 Å². The van der Waals surface area contributed by atoms with Gasteiger partial charge in [0.1, 0.15) is 0 Å². The van der Waals surface area contributed by atoms with Crippen LogP contribution in [0.15, 0.2) is 33.8 Å². The summed E-state index contributed by atoms with van der Waals surface area (Å²) < 4.78 is 1.01. The number of carbonyl (C=O) groups excluding carboxylic acids is 1. The van der Waals surface area contributed by atoms with Crippen LogP contribution in [0.4, 0.5) is 0 Å². The lowest BCUT2D eigenvalue weighted by Crippen LogP contribution is -2.21. The number of benzene rings is 1. The molecule has 108 valence electrons. The number of hydrogen-bond acceptors (Lipinski definition) is 3. The largest absolute Gasteiger partial charge is 0.292 e. The van der Waals surface area contributed by atoms with E-state index >= 15 is 0 Å². The van der Waals surface area contributed by atoms with Crippen LogP contribution in [0.1, 0.15) is 40.7 Å². The molecule has 1 aromatic heterocycles.